The molecular weight excluding hydrogens is 372 g/mol. The average molecular weight is 417 g/mol. The molecule has 0 heterocycles. The molecule has 2 nitrogen and oxygen atoms in total. The lowest BCUT2D eigenvalue weighted by atomic mass is 9.79. The molecule has 0 saturated heterocycles. The smallest absolute Gasteiger partial charge is 0.139 e. The monoisotopic (exact) mass is 416 g/mol. The van der Waals surface area contributed by atoms with Crippen molar-refractivity contribution in [2.45, 2.75) is 118 Å². The summed E-state index contributed by atoms with van der Waals surface area (Å²) in [5.41, 5.74) is 0.262. The molecule has 1 atom stereocenters. The summed E-state index contributed by atoms with van der Waals surface area (Å²) in [7, 11) is 3.62. The Bertz CT molecular complexity index is 426. The van der Waals surface area contributed by atoms with Gasteiger partial charge >= 0.3 is 0 Å². The van der Waals surface area contributed by atoms with Gasteiger partial charge in [-0.15, -0.1) is 0 Å². The van der Waals surface area contributed by atoms with Crippen LogP contribution in [0.4, 0.5) is 0 Å². The van der Waals surface area contributed by atoms with Crippen LogP contribution < -0.4 is 0 Å². The molecule has 0 radical (unpaired) electrons. The minimum Gasteiger partial charge on any atom is -0.300 e. The maximum atomic E-state index is 12.3. The highest BCUT2D eigenvalue weighted by Crippen LogP contribution is 2.34. The van der Waals surface area contributed by atoms with Crippen LogP contribution in [0.25, 0.3) is 0 Å². The van der Waals surface area contributed by atoms with Gasteiger partial charge in [-0.25, -0.2) is 0 Å². The van der Waals surface area contributed by atoms with Gasteiger partial charge in [-0.2, -0.15) is 0 Å². The largest absolute Gasteiger partial charge is 0.300 e. The lowest BCUT2D eigenvalue weighted by Gasteiger charge is -2.26. The quantitative estimate of drug-likeness (QED) is 0.178. The highest BCUT2D eigenvalue weighted by molar-refractivity contribution is 8.76. The third-order valence-corrected chi connectivity index (χ3v) is 9.62. The van der Waals surface area contributed by atoms with Crippen LogP contribution in [0.3, 0.4) is 0 Å². The topological polar surface area (TPSA) is 34.1 Å². The normalized spacial score (nSPS) is 13.6. The summed E-state index contributed by atoms with van der Waals surface area (Å²) in [6.45, 7) is 15.3. The van der Waals surface area contributed by atoms with Crippen molar-refractivity contribution in [2.24, 2.45) is 10.8 Å². The molecule has 4 heteroatoms. The van der Waals surface area contributed by atoms with Gasteiger partial charge in [-0.3, -0.25) is 9.59 Å². The average Bonchev–Trinajstić information content (AvgIpc) is 2.68. The van der Waals surface area contributed by atoms with Gasteiger partial charge in [0.1, 0.15) is 11.6 Å². The standard InChI is InChI=1S/C23H44O2S2/c1-8-22(6,9-2)17-12-13-20(24)15-14-19(5)27-26-18-16-21(25)23(7,10-3)11-4/h19H,8-18H2,1-7H3. The van der Waals surface area contributed by atoms with E-state index in [-0.39, 0.29) is 5.41 Å². The second-order valence-corrected chi connectivity index (χ2v) is 11.5. The molecule has 1 unspecified atom stereocenters. The first-order valence-corrected chi connectivity index (χ1v) is 13.4. The van der Waals surface area contributed by atoms with Gasteiger partial charge in [-0.1, -0.05) is 82.9 Å². The first-order valence-electron chi connectivity index (χ1n) is 11.0. The fourth-order valence-electron chi connectivity index (χ4n) is 3.10. The van der Waals surface area contributed by atoms with E-state index in [1.165, 1.54) is 12.8 Å². The molecule has 0 aliphatic carbocycles. The first kappa shape index (κ1) is 27.0. The molecule has 0 aromatic heterocycles. The molecule has 0 aliphatic heterocycles. The minimum atomic E-state index is -0.144. The Morgan fingerprint density at radius 2 is 1.48 bits per heavy atom. The van der Waals surface area contributed by atoms with E-state index >= 15 is 0 Å². The van der Waals surface area contributed by atoms with Crippen LogP contribution >= 0.6 is 21.6 Å². The van der Waals surface area contributed by atoms with Crippen LogP contribution in [-0.2, 0) is 9.59 Å². The molecule has 0 aromatic carbocycles. The summed E-state index contributed by atoms with van der Waals surface area (Å²) in [6, 6.07) is 0. The summed E-state index contributed by atoms with van der Waals surface area (Å²) >= 11 is 0. The van der Waals surface area contributed by atoms with E-state index in [2.05, 4.69) is 48.5 Å². The van der Waals surface area contributed by atoms with Crippen LogP contribution in [-0.4, -0.2) is 22.6 Å². The first-order chi connectivity index (χ1) is 12.7. The second-order valence-electron chi connectivity index (χ2n) is 8.62. The summed E-state index contributed by atoms with van der Waals surface area (Å²) in [6.07, 6.45) is 9.48. The third-order valence-electron chi connectivity index (χ3n) is 6.65. The van der Waals surface area contributed by atoms with Crippen LogP contribution in [0.2, 0.25) is 0 Å². The molecule has 27 heavy (non-hydrogen) atoms. The van der Waals surface area contributed by atoms with Gasteiger partial charge in [0.05, 0.1) is 0 Å². The van der Waals surface area contributed by atoms with Crippen molar-refractivity contribution in [2.75, 3.05) is 5.75 Å². The second kappa shape index (κ2) is 14.1. The van der Waals surface area contributed by atoms with Crippen molar-refractivity contribution in [1.29, 1.82) is 0 Å². The predicted molar refractivity (Wildman–Crippen MR) is 125 cm³/mol. The van der Waals surface area contributed by atoms with Gasteiger partial charge in [0.25, 0.3) is 0 Å². The molecule has 160 valence electrons. The highest BCUT2D eigenvalue weighted by Gasteiger charge is 2.28. The van der Waals surface area contributed by atoms with Gasteiger partial charge < -0.3 is 0 Å². The Labute approximate surface area is 177 Å². The van der Waals surface area contributed by atoms with Crippen molar-refractivity contribution in [3.8, 4) is 0 Å². The third kappa shape index (κ3) is 11.0. The predicted octanol–water partition coefficient (Wildman–Crippen LogP) is 7.89. The Balaban J connectivity index is 3.90. The SMILES string of the molecule is CCC(C)(CC)CCCC(=O)CCC(C)SSCCC(=O)C(C)(CC)CC. The summed E-state index contributed by atoms with van der Waals surface area (Å²) in [5.74, 6) is 1.69. The zero-order valence-electron chi connectivity index (χ0n) is 19.0. The van der Waals surface area contributed by atoms with Crippen molar-refractivity contribution < 1.29 is 9.59 Å². The van der Waals surface area contributed by atoms with Crippen LogP contribution in [0, 0.1) is 10.8 Å². The molecular formula is C23H44O2S2. The van der Waals surface area contributed by atoms with Crippen molar-refractivity contribution in [3.05, 3.63) is 0 Å². The van der Waals surface area contributed by atoms with E-state index in [0.29, 0.717) is 35.1 Å². The fraction of sp³-hybridized carbons (Fsp3) is 0.913. The van der Waals surface area contributed by atoms with E-state index in [4.69, 9.17) is 0 Å². The van der Waals surface area contributed by atoms with E-state index < -0.39 is 0 Å². The number of carbonyl (C=O) groups excluding carboxylic acids is 2. The molecule has 0 rings (SSSR count). The summed E-state index contributed by atoms with van der Waals surface area (Å²) in [5, 5.41) is 0.467. The van der Waals surface area contributed by atoms with Crippen molar-refractivity contribution in [3.63, 3.8) is 0 Å². The fourth-order valence-corrected chi connectivity index (χ4v) is 5.43. The van der Waals surface area contributed by atoms with Crippen molar-refractivity contribution in [1.82, 2.24) is 0 Å². The lowest BCUT2D eigenvalue weighted by molar-refractivity contribution is -0.127. The summed E-state index contributed by atoms with van der Waals surface area (Å²) in [4.78, 5) is 24.5. The molecule has 0 amide bonds. The number of carbonyl (C=O) groups is 2. The Hall–Kier alpha value is 0.0400. The van der Waals surface area contributed by atoms with Gasteiger partial charge in [0, 0.05) is 35.7 Å². The van der Waals surface area contributed by atoms with Gasteiger partial charge in [0.15, 0.2) is 0 Å². The minimum absolute atomic E-state index is 0.144. The van der Waals surface area contributed by atoms with Gasteiger partial charge in [-0.05, 0) is 37.5 Å². The Kier molecular flexibility index (Phi) is 14.1. The molecule has 0 aromatic rings. The zero-order valence-corrected chi connectivity index (χ0v) is 20.6. The number of rotatable bonds is 17. The molecule has 0 bridgehead atoms. The van der Waals surface area contributed by atoms with Crippen molar-refractivity contribution >= 4 is 33.2 Å². The molecule has 0 saturated carbocycles. The van der Waals surface area contributed by atoms with E-state index in [0.717, 1.165) is 44.3 Å². The van der Waals surface area contributed by atoms with Crippen LogP contribution in [0.5, 0.6) is 0 Å². The zero-order chi connectivity index (χ0) is 20.9. The Morgan fingerprint density at radius 3 is 2.00 bits per heavy atom. The number of hydrogen-bond donors (Lipinski definition) is 0. The van der Waals surface area contributed by atoms with E-state index in [1.54, 1.807) is 10.8 Å². The lowest BCUT2D eigenvalue weighted by Crippen LogP contribution is -2.26. The maximum absolute atomic E-state index is 12.3. The molecule has 0 N–H and O–H groups in total. The number of ketones is 2. The molecule has 0 fully saturated rings. The van der Waals surface area contributed by atoms with Crippen LogP contribution in [0.15, 0.2) is 0 Å². The number of Topliss-reactive ketones (excluding diaryl/α,β-unsaturated/α-hetero) is 2. The van der Waals surface area contributed by atoms with E-state index in [9.17, 15) is 9.59 Å². The maximum Gasteiger partial charge on any atom is 0.139 e. The molecule has 0 aliphatic rings. The molecule has 0 spiro atoms. The van der Waals surface area contributed by atoms with Gasteiger partial charge in [0.2, 0.25) is 0 Å². The highest BCUT2D eigenvalue weighted by atomic mass is 33.1. The van der Waals surface area contributed by atoms with Crippen LogP contribution in [0.1, 0.15) is 113 Å². The summed E-state index contributed by atoms with van der Waals surface area (Å²) < 4.78 is 0. The number of hydrogen-bond acceptors (Lipinski definition) is 4. The van der Waals surface area contributed by atoms with E-state index in [1.807, 2.05) is 10.8 Å². The Morgan fingerprint density at radius 1 is 0.889 bits per heavy atom.